The Hall–Kier alpha value is -1.83. The molecule has 2 aromatic rings. The normalized spacial score (nSPS) is 23.4. The van der Waals surface area contributed by atoms with Gasteiger partial charge in [0.2, 0.25) is 0 Å². The Morgan fingerprint density at radius 3 is 2.18 bits per heavy atom. The van der Waals surface area contributed by atoms with Crippen molar-refractivity contribution in [1.29, 1.82) is 0 Å². The van der Waals surface area contributed by atoms with E-state index in [2.05, 4.69) is 0 Å². The molecule has 1 atom stereocenters. The number of rotatable bonds is 4. The third kappa shape index (κ3) is 2.31. The Balaban J connectivity index is 2.04. The molecule has 1 aliphatic rings. The molecule has 0 aliphatic carbocycles. The van der Waals surface area contributed by atoms with Gasteiger partial charge < -0.3 is 0 Å². The predicted octanol–water partition coefficient (Wildman–Crippen LogP) is 3.73. The molecule has 1 N–H and O–H groups in total. The van der Waals surface area contributed by atoms with Gasteiger partial charge in [0.05, 0.1) is 0 Å². The SMILES string of the molecule is COc1ccc(OP2(O)(c3ccccc3)CC=CC2C)cc1. The monoisotopic (exact) mass is 316 g/mol. The van der Waals surface area contributed by atoms with E-state index in [0.717, 1.165) is 11.1 Å². The first-order chi connectivity index (χ1) is 10.6. The van der Waals surface area contributed by atoms with Crippen LogP contribution in [0.1, 0.15) is 6.92 Å². The Labute approximate surface area is 131 Å². The van der Waals surface area contributed by atoms with E-state index < -0.39 is 7.06 Å². The first kappa shape index (κ1) is 15.1. The zero-order chi connectivity index (χ0) is 15.7. The maximum atomic E-state index is 11.8. The van der Waals surface area contributed by atoms with Crippen molar-refractivity contribution in [1.82, 2.24) is 0 Å². The number of ether oxygens (including phenoxy) is 1. The van der Waals surface area contributed by atoms with Crippen molar-refractivity contribution in [2.24, 2.45) is 0 Å². The fraction of sp³-hybridized carbons (Fsp3) is 0.222. The fourth-order valence-corrected chi connectivity index (χ4v) is 6.71. The van der Waals surface area contributed by atoms with Gasteiger partial charge in [-0.1, -0.05) is 0 Å². The zero-order valence-electron chi connectivity index (χ0n) is 12.8. The van der Waals surface area contributed by atoms with Gasteiger partial charge in [0.1, 0.15) is 0 Å². The maximum absolute atomic E-state index is 11.8. The van der Waals surface area contributed by atoms with E-state index in [1.54, 1.807) is 7.11 Å². The Morgan fingerprint density at radius 2 is 1.64 bits per heavy atom. The van der Waals surface area contributed by atoms with Crippen LogP contribution in [0.5, 0.6) is 11.5 Å². The molecule has 116 valence electrons. The second kappa shape index (κ2) is 5.42. The summed E-state index contributed by atoms with van der Waals surface area (Å²) in [5.74, 6) is 1.44. The topological polar surface area (TPSA) is 38.7 Å². The molecule has 3 rings (SSSR count). The minimum atomic E-state index is -3.53. The van der Waals surface area contributed by atoms with E-state index in [4.69, 9.17) is 9.26 Å². The van der Waals surface area contributed by atoms with Gasteiger partial charge in [-0.15, -0.1) is 0 Å². The molecule has 1 unspecified atom stereocenters. The van der Waals surface area contributed by atoms with Crippen LogP contribution in [0.15, 0.2) is 66.7 Å². The van der Waals surface area contributed by atoms with E-state index >= 15 is 0 Å². The standard InChI is InChI=1S/C18H21O3P/c1-15-7-6-14-22(15,19,18-8-4-3-5-9-18)21-17-12-10-16(20-2)11-13-17/h3-13,15,19H,14H2,1-2H3. The van der Waals surface area contributed by atoms with Gasteiger partial charge in [0, 0.05) is 0 Å². The molecule has 0 spiro atoms. The summed E-state index contributed by atoms with van der Waals surface area (Å²) >= 11 is 0. The minimum absolute atomic E-state index is 0.0319. The average molecular weight is 316 g/mol. The number of hydrogen-bond acceptors (Lipinski definition) is 3. The van der Waals surface area contributed by atoms with E-state index in [-0.39, 0.29) is 5.66 Å². The van der Waals surface area contributed by atoms with Crippen molar-refractivity contribution in [3.05, 3.63) is 66.7 Å². The summed E-state index contributed by atoms with van der Waals surface area (Å²) < 4.78 is 11.5. The van der Waals surface area contributed by atoms with Crippen LogP contribution in [-0.2, 0) is 0 Å². The van der Waals surface area contributed by atoms with Crippen LogP contribution in [0.25, 0.3) is 0 Å². The van der Waals surface area contributed by atoms with E-state index in [1.807, 2.05) is 73.7 Å². The van der Waals surface area contributed by atoms with Gasteiger partial charge >= 0.3 is 131 Å². The van der Waals surface area contributed by atoms with Gasteiger partial charge in [0.15, 0.2) is 0 Å². The summed E-state index contributed by atoms with van der Waals surface area (Å²) in [7, 11) is -1.90. The van der Waals surface area contributed by atoms with E-state index in [1.165, 1.54) is 0 Å². The summed E-state index contributed by atoms with van der Waals surface area (Å²) in [5, 5.41) is 0.891. The van der Waals surface area contributed by atoms with Crippen LogP contribution in [0.3, 0.4) is 0 Å². The van der Waals surface area contributed by atoms with E-state index in [9.17, 15) is 4.89 Å². The molecule has 0 amide bonds. The van der Waals surface area contributed by atoms with E-state index in [0.29, 0.717) is 11.9 Å². The molecule has 0 saturated heterocycles. The fourth-order valence-electron chi connectivity index (χ4n) is 2.94. The van der Waals surface area contributed by atoms with Crippen LogP contribution >= 0.6 is 7.06 Å². The third-order valence-electron chi connectivity index (χ3n) is 4.39. The average Bonchev–Trinajstić information content (AvgIpc) is 2.86. The molecule has 22 heavy (non-hydrogen) atoms. The van der Waals surface area contributed by atoms with Crippen LogP contribution in [0, 0.1) is 0 Å². The van der Waals surface area contributed by atoms with Crippen LogP contribution < -0.4 is 14.6 Å². The van der Waals surface area contributed by atoms with Gasteiger partial charge in [-0.2, -0.15) is 0 Å². The summed E-state index contributed by atoms with van der Waals surface area (Å²) in [4.78, 5) is 11.8. The van der Waals surface area contributed by atoms with Gasteiger partial charge in [0.25, 0.3) is 0 Å². The molecule has 0 bridgehead atoms. The summed E-state index contributed by atoms with van der Waals surface area (Å²) in [6.45, 7) is 2.03. The first-order valence-corrected chi connectivity index (χ1v) is 9.74. The zero-order valence-corrected chi connectivity index (χ0v) is 13.7. The Kier molecular flexibility index (Phi) is 3.72. The first-order valence-electron chi connectivity index (χ1n) is 7.38. The molecule has 3 nitrogen and oxygen atoms in total. The quantitative estimate of drug-likeness (QED) is 0.690. The Morgan fingerprint density at radius 1 is 1.00 bits per heavy atom. The molecular weight excluding hydrogens is 295 g/mol. The van der Waals surface area contributed by atoms with Crippen molar-refractivity contribution in [2.45, 2.75) is 12.6 Å². The van der Waals surface area contributed by atoms with Crippen LogP contribution in [0.4, 0.5) is 0 Å². The van der Waals surface area contributed by atoms with Crippen molar-refractivity contribution in [3.63, 3.8) is 0 Å². The number of benzene rings is 2. The van der Waals surface area contributed by atoms with Crippen LogP contribution in [-0.4, -0.2) is 23.8 Å². The van der Waals surface area contributed by atoms with Crippen molar-refractivity contribution in [2.75, 3.05) is 13.3 Å². The molecule has 1 aliphatic heterocycles. The van der Waals surface area contributed by atoms with Crippen molar-refractivity contribution in [3.8, 4) is 11.5 Å². The second-order valence-corrected chi connectivity index (χ2v) is 10.0. The van der Waals surface area contributed by atoms with Gasteiger partial charge in [-0.3, -0.25) is 0 Å². The van der Waals surface area contributed by atoms with Gasteiger partial charge in [-0.25, -0.2) is 0 Å². The molecule has 0 fully saturated rings. The molecule has 0 aromatic heterocycles. The summed E-state index contributed by atoms with van der Waals surface area (Å²) in [6.07, 6.45) is 4.62. The summed E-state index contributed by atoms with van der Waals surface area (Å²) in [5.41, 5.74) is -0.0319. The third-order valence-corrected chi connectivity index (χ3v) is 9.18. The van der Waals surface area contributed by atoms with Crippen LogP contribution in [0.2, 0.25) is 0 Å². The predicted molar refractivity (Wildman–Crippen MR) is 92.3 cm³/mol. The molecule has 2 aromatic carbocycles. The van der Waals surface area contributed by atoms with Crippen molar-refractivity contribution >= 4 is 12.4 Å². The second-order valence-electron chi connectivity index (χ2n) is 5.69. The summed E-state index contributed by atoms with van der Waals surface area (Å²) in [6, 6.07) is 17.2. The Bertz CT molecular complexity index is 683. The molecular formula is C18H21O3P. The molecule has 4 heteroatoms. The number of allylic oxidation sites excluding steroid dienone is 2. The molecule has 0 saturated carbocycles. The van der Waals surface area contributed by atoms with Gasteiger partial charge in [-0.05, 0) is 0 Å². The molecule has 1 heterocycles. The molecule has 0 radical (unpaired) electrons. The number of hydrogen-bond donors (Lipinski definition) is 1. The number of methoxy groups -OCH3 is 1. The van der Waals surface area contributed by atoms with Crippen molar-refractivity contribution < 1.29 is 14.2 Å².